The van der Waals surface area contributed by atoms with Gasteiger partial charge in [-0.1, -0.05) is 0 Å². The lowest BCUT2D eigenvalue weighted by molar-refractivity contribution is -0.141. The van der Waals surface area contributed by atoms with Crippen molar-refractivity contribution >= 4 is 22.8 Å². The Labute approximate surface area is 144 Å². The topological polar surface area (TPSA) is 79.3 Å². The highest BCUT2D eigenvalue weighted by Crippen LogP contribution is 2.40. The van der Waals surface area contributed by atoms with Crippen molar-refractivity contribution in [3.63, 3.8) is 0 Å². The molecule has 1 amide bonds. The maximum Gasteiger partial charge on any atom is 0.306 e. The molecular weight excluding hydrogens is 323 g/mol. The van der Waals surface area contributed by atoms with Gasteiger partial charge in [-0.2, -0.15) is 0 Å². The number of carboxylic acids is 1. The van der Waals surface area contributed by atoms with E-state index in [1.165, 1.54) is 12.1 Å². The van der Waals surface area contributed by atoms with Gasteiger partial charge in [-0.25, -0.2) is 4.39 Å². The molecule has 1 aromatic carbocycles. The van der Waals surface area contributed by atoms with Gasteiger partial charge in [0.2, 0.25) is 0 Å². The van der Waals surface area contributed by atoms with Crippen LogP contribution in [0.15, 0.2) is 24.3 Å². The molecule has 130 valence electrons. The number of benzene rings is 1. The number of pyridine rings is 1. The average molecular weight is 342 g/mol. The van der Waals surface area contributed by atoms with Crippen molar-refractivity contribution in [1.82, 2.24) is 10.3 Å². The molecule has 25 heavy (non-hydrogen) atoms. The Balaban J connectivity index is 1.64. The van der Waals surface area contributed by atoms with Gasteiger partial charge in [-0.05, 0) is 56.4 Å². The largest absolute Gasteiger partial charge is 0.481 e. The second-order valence-corrected chi connectivity index (χ2v) is 7.05. The van der Waals surface area contributed by atoms with E-state index in [4.69, 9.17) is 5.11 Å². The SMILES string of the molecule is O=C(N[C@@H]1CC[C@H](C(=O)O)C1)c1cc(C2CC2)nc2ccc(F)cc12. The van der Waals surface area contributed by atoms with Crippen LogP contribution < -0.4 is 5.32 Å². The van der Waals surface area contributed by atoms with Crippen LogP contribution in [0.3, 0.4) is 0 Å². The zero-order valence-electron chi connectivity index (χ0n) is 13.7. The van der Waals surface area contributed by atoms with E-state index in [1.807, 2.05) is 0 Å². The van der Waals surface area contributed by atoms with Crippen molar-refractivity contribution in [2.24, 2.45) is 5.92 Å². The van der Waals surface area contributed by atoms with Crippen molar-refractivity contribution in [3.8, 4) is 0 Å². The molecule has 2 aliphatic carbocycles. The van der Waals surface area contributed by atoms with Crippen LogP contribution in [0.1, 0.15) is 54.1 Å². The van der Waals surface area contributed by atoms with Crippen molar-refractivity contribution in [3.05, 3.63) is 41.3 Å². The number of carbonyl (C=O) groups is 2. The van der Waals surface area contributed by atoms with E-state index in [1.54, 1.807) is 12.1 Å². The molecule has 4 rings (SSSR count). The minimum absolute atomic E-state index is 0.158. The maximum absolute atomic E-state index is 13.7. The van der Waals surface area contributed by atoms with E-state index in [0.717, 1.165) is 18.5 Å². The van der Waals surface area contributed by atoms with Crippen LogP contribution in [0.25, 0.3) is 10.9 Å². The fourth-order valence-corrected chi connectivity index (χ4v) is 3.59. The number of halogens is 1. The number of amides is 1. The van der Waals surface area contributed by atoms with Gasteiger partial charge in [0, 0.05) is 23.0 Å². The van der Waals surface area contributed by atoms with Gasteiger partial charge in [-0.15, -0.1) is 0 Å². The molecule has 1 aromatic heterocycles. The molecule has 2 aliphatic rings. The van der Waals surface area contributed by atoms with Gasteiger partial charge in [0.15, 0.2) is 0 Å². The molecule has 2 fully saturated rings. The standard InChI is InChI=1S/C19H19FN2O3/c20-12-4-6-16-14(8-12)15(9-17(22-16)10-1-2-10)18(23)21-13-5-3-11(7-13)19(24)25/h4,6,8-11,13H,1-3,5,7H2,(H,21,23)(H,24,25)/t11-,13+/m0/s1. The summed E-state index contributed by atoms with van der Waals surface area (Å²) in [6, 6.07) is 5.89. The van der Waals surface area contributed by atoms with Crippen LogP contribution in [-0.2, 0) is 4.79 Å². The predicted molar refractivity (Wildman–Crippen MR) is 89.9 cm³/mol. The lowest BCUT2D eigenvalue weighted by atomic mass is 10.0. The average Bonchev–Trinajstić information content (AvgIpc) is 3.33. The minimum Gasteiger partial charge on any atom is -0.481 e. The monoisotopic (exact) mass is 342 g/mol. The number of aliphatic carboxylic acids is 1. The summed E-state index contributed by atoms with van der Waals surface area (Å²) in [5.41, 5.74) is 1.91. The zero-order chi connectivity index (χ0) is 17.6. The van der Waals surface area contributed by atoms with E-state index in [0.29, 0.717) is 41.6 Å². The van der Waals surface area contributed by atoms with E-state index in [-0.39, 0.29) is 11.9 Å². The van der Waals surface area contributed by atoms with Crippen molar-refractivity contribution in [2.75, 3.05) is 0 Å². The fraction of sp³-hybridized carbons (Fsp3) is 0.421. The summed E-state index contributed by atoms with van der Waals surface area (Å²) < 4.78 is 13.7. The Bertz CT molecular complexity index is 863. The first-order chi connectivity index (χ1) is 12.0. The second kappa shape index (κ2) is 6.10. The van der Waals surface area contributed by atoms with Gasteiger partial charge in [0.25, 0.3) is 5.91 Å². The van der Waals surface area contributed by atoms with Crippen LogP contribution in [0.5, 0.6) is 0 Å². The summed E-state index contributed by atoms with van der Waals surface area (Å²) >= 11 is 0. The van der Waals surface area contributed by atoms with Crippen molar-refractivity contribution in [1.29, 1.82) is 0 Å². The number of hydrogen-bond donors (Lipinski definition) is 2. The molecule has 2 N–H and O–H groups in total. The molecular formula is C19H19FN2O3. The molecule has 0 aliphatic heterocycles. The lowest BCUT2D eigenvalue weighted by Gasteiger charge is -2.15. The van der Waals surface area contributed by atoms with Crippen LogP contribution in [0.4, 0.5) is 4.39 Å². The number of hydrogen-bond acceptors (Lipinski definition) is 3. The molecule has 0 saturated heterocycles. The predicted octanol–water partition coefficient (Wildman–Crippen LogP) is 3.23. The summed E-state index contributed by atoms with van der Waals surface area (Å²) in [6.45, 7) is 0. The first-order valence-electron chi connectivity index (χ1n) is 8.65. The van der Waals surface area contributed by atoms with Gasteiger partial charge in [0.05, 0.1) is 17.0 Å². The summed E-state index contributed by atoms with van der Waals surface area (Å²) in [7, 11) is 0. The van der Waals surface area contributed by atoms with E-state index in [9.17, 15) is 14.0 Å². The molecule has 2 saturated carbocycles. The number of aromatic nitrogens is 1. The van der Waals surface area contributed by atoms with Crippen LogP contribution in [0, 0.1) is 11.7 Å². The maximum atomic E-state index is 13.7. The highest BCUT2D eigenvalue weighted by molar-refractivity contribution is 6.06. The fourth-order valence-electron chi connectivity index (χ4n) is 3.59. The zero-order valence-corrected chi connectivity index (χ0v) is 13.7. The van der Waals surface area contributed by atoms with Gasteiger partial charge in [0.1, 0.15) is 5.82 Å². The molecule has 0 spiro atoms. The second-order valence-electron chi connectivity index (χ2n) is 7.05. The lowest BCUT2D eigenvalue weighted by Crippen LogP contribution is -2.33. The summed E-state index contributed by atoms with van der Waals surface area (Å²) in [4.78, 5) is 28.4. The number of fused-ring (bicyclic) bond motifs is 1. The Kier molecular flexibility index (Phi) is 3.90. The van der Waals surface area contributed by atoms with E-state index >= 15 is 0 Å². The quantitative estimate of drug-likeness (QED) is 0.894. The van der Waals surface area contributed by atoms with Crippen LogP contribution in [-0.4, -0.2) is 28.0 Å². The summed E-state index contributed by atoms with van der Waals surface area (Å²) in [5.74, 6) is -1.53. The first kappa shape index (κ1) is 16.0. The highest BCUT2D eigenvalue weighted by atomic mass is 19.1. The highest BCUT2D eigenvalue weighted by Gasteiger charge is 2.32. The molecule has 5 nitrogen and oxygen atoms in total. The molecule has 0 radical (unpaired) electrons. The first-order valence-corrected chi connectivity index (χ1v) is 8.65. The van der Waals surface area contributed by atoms with Crippen molar-refractivity contribution in [2.45, 2.75) is 44.1 Å². The third-order valence-electron chi connectivity index (χ3n) is 5.15. The van der Waals surface area contributed by atoms with Gasteiger partial charge >= 0.3 is 5.97 Å². The molecule has 0 unspecified atom stereocenters. The van der Waals surface area contributed by atoms with Gasteiger partial charge < -0.3 is 10.4 Å². The molecule has 0 bridgehead atoms. The molecule has 2 aromatic rings. The molecule has 1 heterocycles. The smallest absolute Gasteiger partial charge is 0.306 e. The van der Waals surface area contributed by atoms with Gasteiger partial charge in [-0.3, -0.25) is 14.6 Å². The summed E-state index contributed by atoms with van der Waals surface area (Å²) in [5, 5.41) is 12.5. The Morgan fingerprint density at radius 2 is 1.96 bits per heavy atom. The Morgan fingerprint density at radius 1 is 1.16 bits per heavy atom. The number of rotatable bonds is 4. The Morgan fingerprint density at radius 3 is 2.64 bits per heavy atom. The number of nitrogens with zero attached hydrogens (tertiary/aromatic N) is 1. The minimum atomic E-state index is -0.816. The van der Waals surface area contributed by atoms with E-state index < -0.39 is 17.7 Å². The van der Waals surface area contributed by atoms with Crippen molar-refractivity contribution < 1.29 is 19.1 Å². The summed E-state index contributed by atoms with van der Waals surface area (Å²) in [6.07, 6.45) is 3.77. The molecule has 2 atom stereocenters. The number of carboxylic acid groups (broad SMARTS) is 1. The van der Waals surface area contributed by atoms with E-state index in [2.05, 4.69) is 10.3 Å². The molecule has 6 heteroatoms. The van der Waals surface area contributed by atoms with Crippen LogP contribution in [0.2, 0.25) is 0 Å². The Hall–Kier alpha value is -2.50. The third-order valence-corrected chi connectivity index (χ3v) is 5.15. The normalized spacial score (nSPS) is 22.9. The number of carbonyl (C=O) groups excluding carboxylic acids is 1. The van der Waals surface area contributed by atoms with Crippen LogP contribution >= 0.6 is 0 Å². The number of nitrogens with one attached hydrogen (secondary N) is 1. The third kappa shape index (κ3) is 3.21.